The number of urea groups is 1. The number of pyridine rings is 1. The van der Waals surface area contributed by atoms with E-state index in [4.69, 9.17) is 9.84 Å². The van der Waals surface area contributed by atoms with Crippen molar-refractivity contribution in [2.24, 2.45) is 0 Å². The third kappa shape index (κ3) is 5.83. The summed E-state index contributed by atoms with van der Waals surface area (Å²) >= 11 is 0. The smallest absolute Gasteiger partial charge is 0.395 e. The van der Waals surface area contributed by atoms with Crippen LogP contribution in [0.1, 0.15) is 30.3 Å². The molecule has 164 valence electrons. The minimum atomic E-state index is -4.56. The number of amides is 2. The molecule has 0 atom stereocenters. The van der Waals surface area contributed by atoms with Gasteiger partial charge in [0.05, 0.1) is 36.8 Å². The van der Waals surface area contributed by atoms with Gasteiger partial charge in [-0.3, -0.25) is 4.68 Å². The zero-order valence-corrected chi connectivity index (χ0v) is 16.1. The monoisotopic (exact) mass is 428 g/mol. The molecule has 2 aromatic rings. The largest absolute Gasteiger partial charge is 0.435 e. The average molecular weight is 428 g/mol. The van der Waals surface area contributed by atoms with Crippen molar-refractivity contribution in [1.29, 1.82) is 0 Å². The maximum absolute atomic E-state index is 13.1. The first-order chi connectivity index (χ1) is 14.4. The van der Waals surface area contributed by atoms with Gasteiger partial charge in [0.25, 0.3) is 0 Å². The number of alkyl halides is 3. The van der Waals surface area contributed by atoms with Gasteiger partial charge in [0.15, 0.2) is 5.69 Å². The Morgan fingerprint density at radius 3 is 2.70 bits per heavy atom. The molecule has 1 saturated heterocycles. The molecule has 1 aliphatic rings. The summed E-state index contributed by atoms with van der Waals surface area (Å²) in [4.78, 5) is 16.2. The molecular formula is C18H23F3N6O3. The number of anilines is 2. The molecule has 12 heteroatoms. The lowest BCUT2D eigenvalue weighted by Gasteiger charge is -2.24. The molecule has 2 aromatic heterocycles. The number of nitrogens with zero attached hydrogens (tertiary/aromatic N) is 3. The minimum absolute atomic E-state index is 0.0371. The molecule has 1 aliphatic heterocycles. The number of aliphatic hydroxyl groups is 1. The number of aromatic nitrogens is 3. The van der Waals surface area contributed by atoms with Crippen molar-refractivity contribution in [2.75, 3.05) is 37.0 Å². The first-order valence-electron chi connectivity index (χ1n) is 9.46. The summed E-state index contributed by atoms with van der Waals surface area (Å²) in [5.74, 6) is 0.537. The van der Waals surface area contributed by atoms with Crippen LogP contribution in [0.3, 0.4) is 0 Å². The molecule has 0 saturated carbocycles. The van der Waals surface area contributed by atoms with Gasteiger partial charge in [0.1, 0.15) is 5.82 Å². The van der Waals surface area contributed by atoms with Crippen LogP contribution >= 0.6 is 0 Å². The quantitative estimate of drug-likeness (QED) is 0.539. The van der Waals surface area contributed by atoms with Crippen molar-refractivity contribution < 1.29 is 27.8 Å². The molecule has 0 unspecified atom stereocenters. The number of hydrogen-bond acceptors (Lipinski definition) is 6. The maximum atomic E-state index is 13.1. The van der Waals surface area contributed by atoms with Crippen LogP contribution in [0, 0.1) is 0 Å². The summed E-state index contributed by atoms with van der Waals surface area (Å²) < 4.78 is 46.0. The third-order valence-electron chi connectivity index (χ3n) is 4.51. The Bertz CT molecular complexity index is 835. The minimum Gasteiger partial charge on any atom is -0.395 e. The maximum Gasteiger partial charge on any atom is 0.435 e. The van der Waals surface area contributed by atoms with Crippen LogP contribution in [0.5, 0.6) is 0 Å². The standard InChI is InChI=1S/C18H23F3N6O3/c19-18(20,21)15-9-14(27(26-15)13-3-7-30-8-4-13)11-24-17(29)25-12-1-2-16(23-10-12)22-5-6-28/h1-2,9-10,13,28H,3-8,11H2,(H,22,23)(H2,24,25,29). The summed E-state index contributed by atoms with van der Waals surface area (Å²) in [6.45, 7) is 1.10. The zero-order chi connectivity index (χ0) is 21.6. The van der Waals surface area contributed by atoms with Crippen LogP contribution in [0.15, 0.2) is 24.4 Å². The predicted octanol–water partition coefficient (Wildman–Crippen LogP) is 2.37. The van der Waals surface area contributed by atoms with E-state index in [-0.39, 0.29) is 24.9 Å². The highest BCUT2D eigenvalue weighted by atomic mass is 19.4. The number of aliphatic hydroxyl groups excluding tert-OH is 1. The Balaban J connectivity index is 1.62. The van der Waals surface area contributed by atoms with Crippen molar-refractivity contribution in [1.82, 2.24) is 20.1 Å². The fourth-order valence-corrected chi connectivity index (χ4v) is 3.05. The summed E-state index contributed by atoms with van der Waals surface area (Å²) in [5.41, 5.74) is -0.302. The molecule has 0 aromatic carbocycles. The Labute approximate surface area is 170 Å². The summed E-state index contributed by atoms with van der Waals surface area (Å²) in [6.07, 6.45) is -2.03. The highest BCUT2D eigenvalue weighted by molar-refractivity contribution is 5.89. The van der Waals surface area contributed by atoms with Gasteiger partial charge in [-0.2, -0.15) is 18.3 Å². The second kappa shape index (κ2) is 9.76. The predicted molar refractivity (Wildman–Crippen MR) is 102 cm³/mol. The lowest BCUT2D eigenvalue weighted by Crippen LogP contribution is -2.30. The highest BCUT2D eigenvalue weighted by Crippen LogP contribution is 2.31. The van der Waals surface area contributed by atoms with Crippen molar-refractivity contribution >= 4 is 17.5 Å². The third-order valence-corrected chi connectivity index (χ3v) is 4.51. The van der Waals surface area contributed by atoms with E-state index < -0.39 is 17.9 Å². The molecule has 3 heterocycles. The van der Waals surface area contributed by atoms with E-state index in [0.29, 0.717) is 44.1 Å². The van der Waals surface area contributed by atoms with Crippen LogP contribution in [-0.2, 0) is 17.5 Å². The molecule has 0 spiro atoms. The van der Waals surface area contributed by atoms with Gasteiger partial charge < -0.3 is 25.8 Å². The summed E-state index contributed by atoms with van der Waals surface area (Å²) in [7, 11) is 0. The van der Waals surface area contributed by atoms with Crippen molar-refractivity contribution in [3.8, 4) is 0 Å². The Morgan fingerprint density at radius 1 is 1.30 bits per heavy atom. The number of carbonyl (C=O) groups excluding carboxylic acids is 1. The molecule has 0 bridgehead atoms. The van der Waals surface area contributed by atoms with Gasteiger partial charge >= 0.3 is 12.2 Å². The number of rotatable bonds is 7. The summed E-state index contributed by atoms with van der Waals surface area (Å²) in [6, 6.07) is 3.40. The molecule has 30 heavy (non-hydrogen) atoms. The molecule has 3 rings (SSSR count). The normalized spacial score (nSPS) is 15.1. The lowest BCUT2D eigenvalue weighted by atomic mass is 10.1. The number of halogens is 3. The molecule has 0 aliphatic carbocycles. The number of carbonyl (C=O) groups is 1. The van der Waals surface area contributed by atoms with Crippen molar-refractivity contribution in [2.45, 2.75) is 31.6 Å². The molecule has 4 N–H and O–H groups in total. The van der Waals surface area contributed by atoms with Crippen LogP contribution < -0.4 is 16.0 Å². The first kappa shape index (κ1) is 21.8. The van der Waals surface area contributed by atoms with Gasteiger partial charge in [-0.1, -0.05) is 0 Å². The Morgan fingerprint density at radius 2 is 2.07 bits per heavy atom. The number of ether oxygens (including phenoxy) is 1. The SMILES string of the molecule is O=C(NCc1cc(C(F)(F)F)nn1C1CCOCC1)Nc1ccc(NCCO)nc1. The number of nitrogens with one attached hydrogen (secondary N) is 3. The second-order valence-electron chi connectivity index (χ2n) is 6.70. The first-order valence-corrected chi connectivity index (χ1v) is 9.46. The van der Waals surface area contributed by atoms with E-state index in [1.165, 1.54) is 10.9 Å². The van der Waals surface area contributed by atoms with Gasteiger partial charge in [-0.25, -0.2) is 9.78 Å². The summed E-state index contributed by atoms with van der Waals surface area (Å²) in [5, 5.41) is 20.5. The van der Waals surface area contributed by atoms with Crippen LogP contribution in [0.2, 0.25) is 0 Å². The zero-order valence-electron chi connectivity index (χ0n) is 16.1. The van der Waals surface area contributed by atoms with Gasteiger partial charge in [0.2, 0.25) is 0 Å². The number of hydrogen-bond donors (Lipinski definition) is 4. The van der Waals surface area contributed by atoms with E-state index in [1.54, 1.807) is 12.1 Å². The van der Waals surface area contributed by atoms with Crippen molar-refractivity contribution in [3.05, 3.63) is 35.8 Å². The second-order valence-corrected chi connectivity index (χ2v) is 6.70. The van der Waals surface area contributed by atoms with E-state index in [1.807, 2.05) is 0 Å². The average Bonchev–Trinajstić information content (AvgIpc) is 3.17. The Kier molecular flexibility index (Phi) is 7.11. The van der Waals surface area contributed by atoms with E-state index in [0.717, 1.165) is 6.07 Å². The van der Waals surface area contributed by atoms with Crippen LogP contribution in [0.4, 0.5) is 29.5 Å². The van der Waals surface area contributed by atoms with Gasteiger partial charge in [-0.15, -0.1) is 0 Å². The molecule has 2 amide bonds. The molecule has 9 nitrogen and oxygen atoms in total. The van der Waals surface area contributed by atoms with Crippen molar-refractivity contribution in [3.63, 3.8) is 0 Å². The molecule has 1 fully saturated rings. The molecular weight excluding hydrogens is 405 g/mol. The fraction of sp³-hybridized carbons (Fsp3) is 0.500. The molecule has 0 radical (unpaired) electrons. The topological polar surface area (TPSA) is 113 Å². The lowest BCUT2D eigenvalue weighted by molar-refractivity contribution is -0.141. The van der Waals surface area contributed by atoms with Crippen LogP contribution in [-0.4, -0.2) is 52.3 Å². The van der Waals surface area contributed by atoms with E-state index >= 15 is 0 Å². The van der Waals surface area contributed by atoms with E-state index in [9.17, 15) is 18.0 Å². The van der Waals surface area contributed by atoms with Gasteiger partial charge in [0, 0.05) is 19.8 Å². The van der Waals surface area contributed by atoms with Gasteiger partial charge in [-0.05, 0) is 31.0 Å². The fourth-order valence-electron chi connectivity index (χ4n) is 3.05. The van der Waals surface area contributed by atoms with Crippen LogP contribution in [0.25, 0.3) is 0 Å². The highest BCUT2D eigenvalue weighted by Gasteiger charge is 2.36. The van der Waals surface area contributed by atoms with E-state index in [2.05, 4.69) is 26.0 Å². The Hall–Kier alpha value is -2.86.